The number of hydrogen-bond acceptors (Lipinski definition) is 6. The summed E-state index contributed by atoms with van der Waals surface area (Å²) in [4.78, 5) is 27.8. The largest absolute Gasteiger partial charge is 0.486 e. The number of carbonyl (C=O) groups excluding carboxylic acids is 2. The van der Waals surface area contributed by atoms with Gasteiger partial charge in [0, 0.05) is 42.7 Å². The molecule has 0 fully saturated rings. The lowest BCUT2D eigenvalue weighted by atomic mass is 10.1. The van der Waals surface area contributed by atoms with E-state index in [1.165, 1.54) is 10.4 Å². The number of nitrogens with one attached hydrogen (secondary N) is 2. The van der Waals surface area contributed by atoms with Crippen molar-refractivity contribution in [3.8, 4) is 11.5 Å². The number of ether oxygens (including phenoxy) is 2. The molecule has 2 N–H and O–H groups in total. The van der Waals surface area contributed by atoms with Crippen LogP contribution in [0, 0.1) is 0 Å². The molecule has 0 atom stereocenters. The minimum Gasteiger partial charge on any atom is -0.486 e. The van der Waals surface area contributed by atoms with Gasteiger partial charge in [-0.15, -0.1) is 11.3 Å². The molecule has 0 radical (unpaired) electrons. The maximum Gasteiger partial charge on any atom is 0.325 e. The Balaban J connectivity index is 1.23. The normalized spacial score (nSPS) is 15.7. The van der Waals surface area contributed by atoms with E-state index in [1.807, 2.05) is 0 Å². The molecule has 3 amide bonds. The summed E-state index contributed by atoms with van der Waals surface area (Å²) in [7, 11) is 0. The van der Waals surface area contributed by atoms with Gasteiger partial charge in [-0.2, -0.15) is 0 Å². The van der Waals surface area contributed by atoms with Gasteiger partial charge < -0.3 is 14.8 Å². The van der Waals surface area contributed by atoms with E-state index >= 15 is 0 Å². The monoisotopic (exact) mass is 387 g/mol. The molecule has 27 heavy (non-hydrogen) atoms. The van der Waals surface area contributed by atoms with Crippen LogP contribution in [-0.4, -0.2) is 43.1 Å². The van der Waals surface area contributed by atoms with Crippen LogP contribution in [0.4, 0.5) is 10.5 Å². The first-order valence-electron chi connectivity index (χ1n) is 8.95. The van der Waals surface area contributed by atoms with E-state index in [0.29, 0.717) is 36.9 Å². The van der Waals surface area contributed by atoms with Gasteiger partial charge in [0.25, 0.3) is 0 Å². The van der Waals surface area contributed by atoms with Crippen LogP contribution in [0.3, 0.4) is 0 Å². The number of hydrogen-bond donors (Lipinski definition) is 2. The molecule has 0 bridgehead atoms. The predicted octanol–water partition coefficient (Wildman–Crippen LogP) is 2.62. The highest BCUT2D eigenvalue weighted by Gasteiger charge is 2.18. The smallest absolute Gasteiger partial charge is 0.325 e. The fourth-order valence-corrected chi connectivity index (χ4v) is 4.12. The van der Waals surface area contributed by atoms with Gasteiger partial charge in [0.05, 0.1) is 0 Å². The minimum atomic E-state index is -0.546. The number of thiophene rings is 1. The molecule has 0 saturated heterocycles. The van der Waals surface area contributed by atoms with Gasteiger partial charge in [-0.05, 0) is 35.6 Å². The maximum absolute atomic E-state index is 12.1. The summed E-state index contributed by atoms with van der Waals surface area (Å²) in [6, 6.07) is 6.73. The molecule has 0 unspecified atom stereocenters. The lowest BCUT2D eigenvalue weighted by Gasteiger charge is -2.26. The molecule has 142 valence electrons. The highest BCUT2D eigenvalue weighted by molar-refractivity contribution is 7.10. The van der Waals surface area contributed by atoms with Gasteiger partial charge >= 0.3 is 6.03 Å². The van der Waals surface area contributed by atoms with Crippen molar-refractivity contribution in [2.24, 2.45) is 0 Å². The van der Waals surface area contributed by atoms with E-state index < -0.39 is 6.03 Å². The van der Waals surface area contributed by atoms with Crippen molar-refractivity contribution in [1.29, 1.82) is 0 Å². The van der Waals surface area contributed by atoms with Crippen LogP contribution < -0.4 is 20.1 Å². The van der Waals surface area contributed by atoms with Crippen molar-refractivity contribution >= 4 is 29.0 Å². The zero-order chi connectivity index (χ0) is 18.6. The molecule has 3 heterocycles. The molecule has 8 heteroatoms. The van der Waals surface area contributed by atoms with Crippen molar-refractivity contribution in [1.82, 2.24) is 10.2 Å². The Morgan fingerprint density at radius 3 is 2.89 bits per heavy atom. The molecule has 1 aromatic carbocycles. The summed E-state index contributed by atoms with van der Waals surface area (Å²) in [6.45, 7) is 3.45. The van der Waals surface area contributed by atoms with E-state index in [-0.39, 0.29) is 12.3 Å². The summed E-state index contributed by atoms with van der Waals surface area (Å²) in [5, 5.41) is 7.14. The summed E-state index contributed by atoms with van der Waals surface area (Å²) < 4.78 is 10.9. The molecule has 7 nitrogen and oxygen atoms in total. The fourth-order valence-electron chi connectivity index (χ4n) is 3.23. The minimum absolute atomic E-state index is 0.286. The molecule has 1 aromatic heterocycles. The topological polar surface area (TPSA) is 79.9 Å². The maximum atomic E-state index is 12.1. The van der Waals surface area contributed by atoms with Crippen molar-refractivity contribution in [3.63, 3.8) is 0 Å². The van der Waals surface area contributed by atoms with Crippen LogP contribution in [0.15, 0.2) is 29.6 Å². The second-order valence-corrected chi connectivity index (χ2v) is 7.51. The second-order valence-electron chi connectivity index (χ2n) is 6.51. The Morgan fingerprint density at radius 1 is 1.15 bits per heavy atom. The summed E-state index contributed by atoms with van der Waals surface area (Å²) in [5.41, 5.74) is 1.90. The molecule has 0 spiro atoms. The van der Waals surface area contributed by atoms with Crippen molar-refractivity contribution in [2.45, 2.75) is 19.4 Å². The standard InChI is InChI=1S/C19H21N3O4S/c23-18(4-7-22-6-3-17-13(12-22)5-10-27-17)21-19(24)20-14-1-2-15-16(11-14)26-9-8-25-15/h1-2,5,10-11H,3-4,6-9,12H2,(H2,20,21,23,24). The first kappa shape index (κ1) is 17.8. The number of rotatable bonds is 4. The first-order chi connectivity index (χ1) is 13.2. The number of nitrogens with zero attached hydrogens (tertiary/aromatic N) is 1. The van der Waals surface area contributed by atoms with Crippen LogP contribution in [-0.2, 0) is 17.8 Å². The third-order valence-corrected chi connectivity index (χ3v) is 5.62. The van der Waals surface area contributed by atoms with Crippen LogP contribution in [0.5, 0.6) is 11.5 Å². The van der Waals surface area contributed by atoms with E-state index in [1.54, 1.807) is 29.5 Å². The zero-order valence-corrected chi connectivity index (χ0v) is 15.6. The van der Waals surface area contributed by atoms with E-state index in [9.17, 15) is 9.59 Å². The Hall–Kier alpha value is -2.58. The lowest BCUT2D eigenvalue weighted by molar-refractivity contribution is -0.120. The molecular weight excluding hydrogens is 366 g/mol. The van der Waals surface area contributed by atoms with Crippen molar-refractivity contribution < 1.29 is 19.1 Å². The SMILES string of the molecule is O=C(CCN1CCc2sccc2C1)NC(=O)Nc1ccc2c(c1)OCCO2. The van der Waals surface area contributed by atoms with Gasteiger partial charge in [-0.25, -0.2) is 4.79 Å². The van der Waals surface area contributed by atoms with Crippen LogP contribution in [0.1, 0.15) is 16.9 Å². The molecule has 2 aliphatic heterocycles. The van der Waals surface area contributed by atoms with Gasteiger partial charge in [0.2, 0.25) is 5.91 Å². The van der Waals surface area contributed by atoms with Crippen molar-refractivity contribution in [2.75, 3.05) is 31.6 Å². The molecule has 4 rings (SSSR count). The third kappa shape index (κ3) is 4.40. The van der Waals surface area contributed by atoms with Gasteiger partial charge in [-0.1, -0.05) is 0 Å². The Kier molecular flexibility index (Phi) is 5.26. The number of imide groups is 1. The molecule has 0 aliphatic carbocycles. The zero-order valence-electron chi connectivity index (χ0n) is 14.8. The van der Waals surface area contributed by atoms with Gasteiger partial charge in [0.1, 0.15) is 13.2 Å². The molecular formula is C19H21N3O4S. The fraction of sp³-hybridized carbons (Fsp3) is 0.368. The molecule has 2 aromatic rings. The van der Waals surface area contributed by atoms with E-state index in [4.69, 9.17) is 9.47 Å². The summed E-state index contributed by atoms with van der Waals surface area (Å²) >= 11 is 1.79. The van der Waals surface area contributed by atoms with Gasteiger partial charge in [-0.3, -0.25) is 15.0 Å². The number of carbonyl (C=O) groups is 2. The first-order valence-corrected chi connectivity index (χ1v) is 9.83. The summed E-state index contributed by atoms with van der Waals surface area (Å²) in [5.74, 6) is 0.947. The average molecular weight is 387 g/mol. The lowest BCUT2D eigenvalue weighted by Crippen LogP contribution is -2.38. The van der Waals surface area contributed by atoms with Crippen molar-refractivity contribution in [3.05, 3.63) is 40.1 Å². The molecule has 2 aliphatic rings. The highest BCUT2D eigenvalue weighted by Crippen LogP contribution is 2.32. The number of urea groups is 1. The molecule has 0 saturated carbocycles. The van der Waals surface area contributed by atoms with Crippen LogP contribution >= 0.6 is 11.3 Å². The van der Waals surface area contributed by atoms with Crippen LogP contribution in [0.25, 0.3) is 0 Å². The Bertz CT molecular complexity index is 851. The Morgan fingerprint density at radius 2 is 2.00 bits per heavy atom. The van der Waals surface area contributed by atoms with E-state index in [0.717, 1.165) is 19.5 Å². The highest BCUT2D eigenvalue weighted by atomic mass is 32.1. The average Bonchev–Trinajstić information content (AvgIpc) is 3.14. The predicted molar refractivity (Wildman–Crippen MR) is 103 cm³/mol. The van der Waals surface area contributed by atoms with Crippen LogP contribution in [0.2, 0.25) is 0 Å². The second kappa shape index (κ2) is 7.98. The number of amides is 3. The quantitative estimate of drug-likeness (QED) is 0.843. The third-order valence-electron chi connectivity index (χ3n) is 4.59. The van der Waals surface area contributed by atoms with Gasteiger partial charge in [0.15, 0.2) is 11.5 Å². The number of anilines is 1. The Labute approximate surface area is 161 Å². The number of benzene rings is 1. The van der Waals surface area contributed by atoms with E-state index in [2.05, 4.69) is 27.0 Å². The number of fused-ring (bicyclic) bond motifs is 2. The summed E-state index contributed by atoms with van der Waals surface area (Å²) in [6.07, 6.45) is 1.31.